The number of aliphatic hydroxyl groups is 1. The summed E-state index contributed by atoms with van der Waals surface area (Å²) in [4.78, 5) is 8.53. The summed E-state index contributed by atoms with van der Waals surface area (Å²) in [6, 6.07) is 12.3. The van der Waals surface area contributed by atoms with Gasteiger partial charge in [0.25, 0.3) is 0 Å². The summed E-state index contributed by atoms with van der Waals surface area (Å²) < 4.78 is 55.6. The molecule has 1 aromatic heterocycles. The molecule has 3 rings (SSSR count). The van der Waals surface area contributed by atoms with E-state index in [0.29, 0.717) is 5.56 Å². The van der Waals surface area contributed by atoms with Gasteiger partial charge in [0.1, 0.15) is 17.4 Å². The standard InChI is InChI=1S/C20H18F4N4O2/c1-12(11-29)25-19-27-17(13-5-4-6-14(9-13)30-20(22,23)24)10-18(28-19)26-16-8-3-2-7-15(16)21/h2-10,12,29H,11H2,1H3,(H2,25,26,27,28)/t12-/m1/s1. The van der Waals surface area contributed by atoms with Crippen LogP contribution in [0.1, 0.15) is 6.92 Å². The van der Waals surface area contributed by atoms with Gasteiger partial charge in [0.2, 0.25) is 5.95 Å². The summed E-state index contributed by atoms with van der Waals surface area (Å²) >= 11 is 0. The molecule has 2 aromatic carbocycles. The van der Waals surface area contributed by atoms with Crippen LogP contribution in [0, 0.1) is 5.82 Å². The van der Waals surface area contributed by atoms with E-state index < -0.39 is 17.9 Å². The minimum absolute atomic E-state index is 0.107. The molecule has 0 unspecified atom stereocenters. The van der Waals surface area contributed by atoms with Crippen LogP contribution in [0.4, 0.5) is 35.0 Å². The fraction of sp³-hybridized carbons (Fsp3) is 0.200. The Morgan fingerprint density at radius 1 is 1.07 bits per heavy atom. The minimum Gasteiger partial charge on any atom is -0.406 e. The van der Waals surface area contributed by atoms with Crippen LogP contribution in [-0.2, 0) is 0 Å². The van der Waals surface area contributed by atoms with Crippen LogP contribution in [0.2, 0.25) is 0 Å². The molecule has 3 aromatic rings. The zero-order valence-electron chi connectivity index (χ0n) is 15.7. The highest BCUT2D eigenvalue weighted by Crippen LogP contribution is 2.29. The SMILES string of the molecule is C[C@H](CO)Nc1nc(Nc2ccccc2F)cc(-c2cccc(OC(F)(F)F)c2)n1. The molecule has 0 spiro atoms. The third-order valence-electron chi connectivity index (χ3n) is 3.88. The molecule has 3 N–H and O–H groups in total. The molecule has 0 aliphatic heterocycles. The van der Waals surface area contributed by atoms with E-state index in [1.54, 1.807) is 19.1 Å². The Labute approximate surface area is 169 Å². The van der Waals surface area contributed by atoms with Crippen LogP contribution >= 0.6 is 0 Å². The number of ether oxygens (including phenoxy) is 1. The first kappa shape index (κ1) is 21.3. The summed E-state index contributed by atoms with van der Waals surface area (Å²) in [7, 11) is 0. The molecular weight excluding hydrogens is 404 g/mol. The first-order chi connectivity index (χ1) is 14.2. The van der Waals surface area contributed by atoms with Gasteiger partial charge in [-0.05, 0) is 31.2 Å². The molecule has 0 aliphatic rings. The van der Waals surface area contributed by atoms with Gasteiger partial charge in [-0.15, -0.1) is 13.2 Å². The molecule has 1 atom stereocenters. The maximum atomic E-state index is 14.0. The van der Waals surface area contributed by atoms with Crippen LogP contribution in [0.5, 0.6) is 5.75 Å². The van der Waals surface area contributed by atoms with Crippen molar-refractivity contribution in [3.05, 3.63) is 60.4 Å². The molecule has 1 heterocycles. The Bertz CT molecular complexity index is 1010. The van der Waals surface area contributed by atoms with Crippen molar-refractivity contribution in [2.75, 3.05) is 17.2 Å². The molecule has 0 aliphatic carbocycles. The van der Waals surface area contributed by atoms with E-state index in [1.807, 2.05) is 0 Å². The second-order valence-corrected chi connectivity index (χ2v) is 6.37. The number of para-hydroxylation sites is 1. The maximum Gasteiger partial charge on any atom is 0.573 e. The number of halogens is 4. The zero-order chi connectivity index (χ0) is 21.7. The van der Waals surface area contributed by atoms with Crippen molar-refractivity contribution >= 4 is 17.5 Å². The number of rotatable bonds is 7. The van der Waals surface area contributed by atoms with Gasteiger partial charge in [-0.25, -0.2) is 9.37 Å². The van der Waals surface area contributed by atoms with Gasteiger partial charge in [-0.2, -0.15) is 4.98 Å². The van der Waals surface area contributed by atoms with Crippen LogP contribution < -0.4 is 15.4 Å². The van der Waals surface area contributed by atoms with Crippen LogP contribution in [0.15, 0.2) is 54.6 Å². The topological polar surface area (TPSA) is 79.3 Å². The molecule has 0 saturated heterocycles. The molecule has 0 radical (unpaired) electrons. The second-order valence-electron chi connectivity index (χ2n) is 6.37. The lowest BCUT2D eigenvalue weighted by Gasteiger charge is -2.15. The number of nitrogens with zero attached hydrogens (tertiary/aromatic N) is 2. The molecule has 0 fully saturated rings. The molecular formula is C20H18F4N4O2. The lowest BCUT2D eigenvalue weighted by molar-refractivity contribution is -0.274. The Morgan fingerprint density at radius 2 is 1.83 bits per heavy atom. The Morgan fingerprint density at radius 3 is 2.53 bits per heavy atom. The minimum atomic E-state index is -4.83. The van der Waals surface area contributed by atoms with Crippen molar-refractivity contribution in [2.45, 2.75) is 19.3 Å². The Balaban J connectivity index is 2.00. The van der Waals surface area contributed by atoms with Crippen LogP contribution in [0.3, 0.4) is 0 Å². The van der Waals surface area contributed by atoms with E-state index in [9.17, 15) is 22.7 Å². The van der Waals surface area contributed by atoms with Crippen LogP contribution in [0.25, 0.3) is 11.3 Å². The van der Waals surface area contributed by atoms with Crippen molar-refractivity contribution in [2.24, 2.45) is 0 Å². The summed E-state index contributed by atoms with van der Waals surface area (Å²) in [6.45, 7) is 1.50. The summed E-state index contributed by atoms with van der Waals surface area (Å²) in [6.07, 6.45) is -4.83. The first-order valence-electron chi connectivity index (χ1n) is 8.88. The van der Waals surface area contributed by atoms with Crippen molar-refractivity contribution in [1.29, 1.82) is 0 Å². The summed E-state index contributed by atoms with van der Waals surface area (Å²) in [5.74, 6) is -0.591. The molecule has 0 saturated carbocycles. The molecule has 158 valence electrons. The van der Waals surface area contributed by atoms with Crippen molar-refractivity contribution in [3.8, 4) is 17.0 Å². The monoisotopic (exact) mass is 422 g/mol. The third-order valence-corrected chi connectivity index (χ3v) is 3.88. The van der Waals surface area contributed by atoms with Gasteiger partial charge in [0.05, 0.1) is 18.0 Å². The third kappa shape index (κ3) is 5.80. The quantitative estimate of drug-likeness (QED) is 0.479. The van der Waals surface area contributed by atoms with E-state index >= 15 is 0 Å². The van der Waals surface area contributed by atoms with Crippen LogP contribution in [-0.4, -0.2) is 34.1 Å². The van der Waals surface area contributed by atoms with Gasteiger partial charge in [-0.3, -0.25) is 0 Å². The van der Waals surface area contributed by atoms with Crippen molar-refractivity contribution in [3.63, 3.8) is 0 Å². The van der Waals surface area contributed by atoms with E-state index in [0.717, 1.165) is 0 Å². The zero-order valence-corrected chi connectivity index (χ0v) is 15.7. The highest BCUT2D eigenvalue weighted by atomic mass is 19.4. The van der Waals surface area contributed by atoms with Gasteiger partial charge in [-0.1, -0.05) is 24.3 Å². The number of alkyl halides is 3. The van der Waals surface area contributed by atoms with E-state index in [4.69, 9.17) is 0 Å². The molecule has 6 nitrogen and oxygen atoms in total. The lowest BCUT2D eigenvalue weighted by atomic mass is 10.1. The second kappa shape index (κ2) is 8.95. The van der Waals surface area contributed by atoms with E-state index in [1.165, 1.54) is 42.5 Å². The van der Waals surface area contributed by atoms with Crippen molar-refractivity contribution < 1.29 is 27.4 Å². The number of aromatic nitrogens is 2. The molecule has 0 amide bonds. The number of aliphatic hydroxyl groups excluding tert-OH is 1. The van der Waals surface area contributed by atoms with Gasteiger partial charge >= 0.3 is 6.36 Å². The number of benzene rings is 2. The number of anilines is 3. The smallest absolute Gasteiger partial charge is 0.406 e. The lowest BCUT2D eigenvalue weighted by Crippen LogP contribution is -2.21. The summed E-state index contributed by atoms with van der Waals surface area (Å²) in [5, 5.41) is 15.0. The van der Waals surface area contributed by atoms with Gasteiger partial charge in [0, 0.05) is 17.7 Å². The summed E-state index contributed by atoms with van der Waals surface area (Å²) in [5.41, 5.74) is 0.761. The number of hydrogen-bond acceptors (Lipinski definition) is 6. The maximum absolute atomic E-state index is 14.0. The highest BCUT2D eigenvalue weighted by Gasteiger charge is 2.31. The Kier molecular flexibility index (Phi) is 6.36. The largest absolute Gasteiger partial charge is 0.573 e. The Hall–Kier alpha value is -3.40. The first-order valence-corrected chi connectivity index (χ1v) is 8.88. The average molecular weight is 422 g/mol. The molecule has 30 heavy (non-hydrogen) atoms. The number of nitrogens with one attached hydrogen (secondary N) is 2. The van der Waals surface area contributed by atoms with Gasteiger partial charge < -0.3 is 20.5 Å². The van der Waals surface area contributed by atoms with E-state index in [2.05, 4.69) is 25.3 Å². The molecule has 10 heteroatoms. The molecule has 0 bridgehead atoms. The average Bonchev–Trinajstić information content (AvgIpc) is 2.68. The predicted octanol–water partition coefficient (Wildman–Crippen LogP) is 4.72. The van der Waals surface area contributed by atoms with Crippen molar-refractivity contribution in [1.82, 2.24) is 9.97 Å². The van der Waals surface area contributed by atoms with Gasteiger partial charge in [0.15, 0.2) is 0 Å². The fourth-order valence-electron chi connectivity index (χ4n) is 2.54. The highest BCUT2D eigenvalue weighted by molar-refractivity contribution is 5.68. The number of hydrogen-bond donors (Lipinski definition) is 3. The predicted molar refractivity (Wildman–Crippen MR) is 104 cm³/mol. The fourth-order valence-corrected chi connectivity index (χ4v) is 2.54. The normalized spacial score (nSPS) is 12.3. The van der Waals surface area contributed by atoms with E-state index in [-0.39, 0.29) is 35.8 Å².